The Morgan fingerprint density at radius 1 is 1.47 bits per heavy atom. The molecule has 1 aliphatic carbocycles. The highest BCUT2D eigenvalue weighted by atomic mass is 16.5. The van der Waals surface area contributed by atoms with Crippen molar-refractivity contribution in [3.05, 3.63) is 0 Å². The number of hydrogen-bond donors (Lipinski definition) is 3. The average molecular weight is 242 g/mol. The summed E-state index contributed by atoms with van der Waals surface area (Å²) in [7, 11) is 0. The quantitative estimate of drug-likeness (QED) is 0.646. The maximum atomic E-state index is 12.0. The Hall–Kier alpha value is -0.650. The number of nitrogens with two attached hydrogens (primary N) is 1. The molecule has 0 bridgehead atoms. The molecule has 0 spiro atoms. The number of aliphatic hydroxyl groups is 1. The minimum absolute atomic E-state index is 0.137. The predicted octanol–water partition coefficient (Wildman–Crippen LogP) is -0.0860. The smallest absolute Gasteiger partial charge is 0.240 e. The molecule has 2 atom stereocenters. The van der Waals surface area contributed by atoms with Crippen LogP contribution < -0.4 is 11.1 Å². The van der Waals surface area contributed by atoms with Crippen molar-refractivity contribution in [2.75, 3.05) is 13.2 Å². The van der Waals surface area contributed by atoms with E-state index in [9.17, 15) is 9.90 Å². The van der Waals surface area contributed by atoms with E-state index in [2.05, 4.69) is 5.32 Å². The third kappa shape index (κ3) is 2.46. The third-order valence-corrected chi connectivity index (χ3v) is 4.16. The van der Waals surface area contributed by atoms with Crippen molar-refractivity contribution in [3.63, 3.8) is 0 Å². The van der Waals surface area contributed by atoms with Crippen LogP contribution in [0.1, 0.15) is 39.0 Å². The van der Waals surface area contributed by atoms with Gasteiger partial charge in [0.1, 0.15) is 5.60 Å². The van der Waals surface area contributed by atoms with Gasteiger partial charge in [-0.15, -0.1) is 0 Å². The van der Waals surface area contributed by atoms with E-state index in [0.717, 1.165) is 25.7 Å². The van der Waals surface area contributed by atoms with Gasteiger partial charge in [-0.05, 0) is 19.8 Å². The van der Waals surface area contributed by atoms with Crippen molar-refractivity contribution >= 4 is 5.91 Å². The van der Waals surface area contributed by atoms with E-state index < -0.39 is 11.1 Å². The molecule has 0 aromatic carbocycles. The molecular weight excluding hydrogens is 220 g/mol. The third-order valence-electron chi connectivity index (χ3n) is 4.16. The number of hydrogen-bond acceptors (Lipinski definition) is 4. The molecule has 1 aliphatic heterocycles. The second-order valence-corrected chi connectivity index (χ2v) is 5.41. The fourth-order valence-corrected chi connectivity index (χ4v) is 2.65. The highest BCUT2D eigenvalue weighted by Crippen LogP contribution is 2.28. The summed E-state index contributed by atoms with van der Waals surface area (Å²) >= 11 is 0. The monoisotopic (exact) mass is 242 g/mol. The molecule has 5 heteroatoms. The molecule has 1 heterocycles. The van der Waals surface area contributed by atoms with Crippen LogP contribution in [0.2, 0.25) is 0 Å². The second-order valence-electron chi connectivity index (χ2n) is 5.41. The van der Waals surface area contributed by atoms with Crippen molar-refractivity contribution in [1.82, 2.24) is 5.32 Å². The maximum Gasteiger partial charge on any atom is 0.240 e. The molecule has 98 valence electrons. The van der Waals surface area contributed by atoms with E-state index in [4.69, 9.17) is 10.5 Å². The van der Waals surface area contributed by atoms with Crippen molar-refractivity contribution in [2.45, 2.75) is 56.3 Å². The van der Waals surface area contributed by atoms with Crippen molar-refractivity contribution in [2.24, 2.45) is 5.73 Å². The summed E-state index contributed by atoms with van der Waals surface area (Å²) in [6.07, 6.45) is 3.82. The molecule has 0 aromatic heterocycles. The molecule has 2 aliphatic rings. The van der Waals surface area contributed by atoms with Crippen molar-refractivity contribution < 1.29 is 14.6 Å². The first kappa shape index (κ1) is 12.8. The minimum atomic E-state index is -0.940. The lowest BCUT2D eigenvalue weighted by Gasteiger charge is -2.29. The average Bonchev–Trinajstić information content (AvgIpc) is 2.86. The van der Waals surface area contributed by atoms with Crippen LogP contribution in [-0.2, 0) is 9.53 Å². The van der Waals surface area contributed by atoms with E-state index in [1.807, 2.05) is 6.92 Å². The van der Waals surface area contributed by atoms with Gasteiger partial charge in [-0.2, -0.15) is 0 Å². The summed E-state index contributed by atoms with van der Waals surface area (Å²) in [6.45, 7) is 2.60. The van der Waals surface area contributed by atoms with Crippen LogP contribution in [0.5, 0.6) is 0 Å². The topological polar surface area (TPSA) is 84.6 Å². The van der Waals surface area contributed by atoms with Crippen LogP contribution in [0.25, 0.3) is 0 Å². The largest absolute Gasteiger partial charge is 0.385 e. The highest BCUT2D eigenvalue weighted by molar-refractivity contribution is 5.86. The second kappa shape index (κ2) is 4.55. The fourth-order valence-electron chi connectivity index (χ4n) is 2.65. The lowest BCUT2D eigenvalue weighted by molar-refractivity contribution is -0.128. The normalized spacial score (nSPS) is 36.1. The van der Waals surface area contributed by atoms with Crippen LogP contribution in [0.4, 0.5) is 0 Å². The van der Waals surface area contributed by atoms with Crippen LogP contribution in [-0.4, -0.2) is 41.4 Å². The Labute approximate surface area is 102 Å². The Morgan fingerprint density at radius 3 is 2.65 bits per heavy atom. The van der Waals surface area contributed by atoms with Gasteiger partial charge in [0, 0.05) is 19.6 Å². The molecule has 1 saturated heterocycles. The summed E-state index contributed by atoms with van der Waals surface area (Å²) in [5, 5.41) is 13.0. The zero-order chi connectivity index (χ0) is 12.5. The molecule has 0 aromatic rings. The van der Waals surface area contributed by atoms with Gasteiger partial charge < -0.3 is 20.9 Å². The number of carbonyl (C=O) groups is 1. The SMILES string of the molecule is CC1OCCC1(O)CNC(=O)C1(N)CCCC1. The Bertz CT molecular complexity index is 302. The van der Waals surface area contributed by atoms with Gasteiger partial charge in [0.2, 0.25) is 5.91 Å². The van der Waals surface area contributed by atoms with Crippen molar-refractivity contribution in [3.8, 4) is 0 Å². The summed E-state index contributed by atoms with van der Waals surface area (Å²) in [6, 6.07) is 0. The van der Waals surface area contributed by atoms with Gasteiger partial charge in [-0.25, -0.2) is 0 Å². The minimum Gasteiger partial charge on any atom is -0.385 e. The molecule has 1 saturated carbocycles. The maximum absolute atomic E-state index is 12.0. The number of carbonyl (C=O) groups excluding carboxylic acids is 1. The molecule has 2 rings (SSSR count). The van der Waals surface area contributed by atoms with E-state index in [1.54, 1.807) is 0 Å². The van der Waals surface area contributed by atoms with E-state index in [-0.39, 0.29) is 18.6 Å². The Morgan fingerprint density at radius 2 is 2.12 bits per heavy atom. The van der Waals surface area contributed by atoms with E-state index in [1.165, 1.54) is 0 Å². The van der Waals surface area contributed by atoms with Gasteiger partial charge in [-0.1, -0.05) is 12.8 Å². The molecule has 2 fully saturated rings. The molecular formula is C12H22N2O3. The first-order valence-electron chi connectivity index (χ1n) is 6.37. The lowest BCUT2D eigenvalue weighted by Crippen LogP contribution is -2.56. The lowest BCUT2D eigenvalue weighted by atomic mass is 9.94. The predicted molar refractivity (Wildman–Crippen MR) is 63.4 cm³/mol. The Balaban J connectivity index is 1.87. The van der Waals surface area contributed by atoms with Crippen molar-refractivity contribution in [1.29, 1.82) is 0 Å². The molecule has 5 nitrogen and oxygen atoms in total. The molecule has 2 unspecified atom stereocenters. The summed E-state index contributed by atoms with van der Waals surface area (Å²) < 4.78 is 5.32. The summed E-state index contributed by atoms with van der Waals surface area (Å²) in [5.74, 6) is -0.137. The van der Waals surface area contributed by atoms with Crippen LogP contribution in [0.15, 0.2) is 0 Å². The van der Waals surface area contributed by atoms with Gasteiger partial charge in [-0.3, -0.25) is 4.79 Å². The van der Waals surface area contributed by atoms with E-state index in [0.29, 0.717) is 13.0 Å². The van der Waals surface area contributed by atoms with Crippen LogP contribution in [0.3, 0.4) is 0 Å². The standard InChI is InChI=1S/C12H22N2O3/c1-9-12(16,6-7-17-9)8-14-10(15)11(13)4-2-3-5-11/h9,16H,2-8,13H2,1H3,(H,14,15). The van der Waals surface area contributed by atoms with Gasteiger partial charge >= 0.3 is 0 Å². The number of nitrogens with one attached hydrogen (secondary N) is 1. The van der Waals surface area contributed by atoms with Gasteiger partial charge in [0.25, 0.3) is 0 Å². The zero-order valence-electron chi connectivity index (χ0n) is 10.4. The number of rotatable bonds is 3. The zero-order valence-corrected chi connectivity index (χ0v) is 10.4. The summed E-state index contributed by atoms with van der Waals surface area (Å²) in [4.78, 5) is 12.0. The fraction of sp³-hybridized carbons (Fsp3) is 0.917. The summed E-state index contributed by atoms with van der Waals surface area (Å²) in [5.41, 5.74) is 4.38. The van der Waals surface area contributed by atoms with Crippen LogP contribution in [0, 0.1) is 0 Å². The van der Waals surface area contributed by atoms with Gasteiger partial charge in [0.15, 0.2) is 0 Å². The van der Waals surface area contributed by atoms with E-state index >= 15 is 0 Å². The molecule has 17 heavy (non-hydrogen) atoms. The molecule has 4 N–H and O–H groups in total. The first-order valence-corrected chi connectivity index (χ1v) is 6.37. The molecule has 0 radical (unpaired) electrons. The van der Waals surface area contributed by atoms with Crippen LogP contribution >= 0.6 is 0 Å². The number of amides is 1. The highest BCUT2D eigenvalue weighted by Gasteiger charge is 2.42. The molecule has 1 amide bonds. The first-order chi connectivity index (χ1) is 7.96. The number of ether oxygens (including phenoxy) is 1. The Kier molecular flexibility index (Phi) is 3.43. The van der Waals surface area contributed by atoms with Gasteiger partial charge in [0.05, 0.1) is 11.6 Å².